The number of aryl methyl sites for hydroxylation is 3. The predicted octanol–water partition coefficient (Wildman–Crippen LogP) is 4.07. The SMILES string of the molecule is C=CCN(C(=O)C(CC(N)=O)NC(=O)OC(C)(C)C)C(C(=O)Nc1c(C)cccc1C)c1ccc(C)cc1. The van der Waals surface area contributed by atoms with Crippen LogP contribution in [0.1, 0.15) is 55.5 Å². The highest BCUT2D eigenvalue weighted by atomic mass is 16.6. The van der Waals surface area contributed by atoms with Gasteiger partial charge in [-0.05, 0) is 58.2 Å². The van der Waals surface area contributed by atoms with Crippen LogP contribution in [0.5, 0.6) is 0 Å². The lowest BCUT2D eigenvalue weighted by Crippen LogP contribution is -2.53. The third-order valence-electron chi connectivity index (χ3n) is 5.69. The maximum absolute atomic E-state index is 13.9. The fraction of sp³-hybridized carbons (Fsp3) is 0.379. The lowest BCUT2D eigenvalue weighted by atomic mass is 10.00. The molecule has 4 N–H and O–H groups in total. The van der Waals surface area contributed by atoms with E-state index in [9.17, 15) is 19.2 Å². The maximum Gasteiger partial charge on any atom is 0.408 e. The van der Waals surface area contributed by atoms with E-state index in [1.807, 2.05) is 51.1 Å². The average Bonchev–Trinajstić information content (AvgIpc) is 2.80. The second kappa shape index (κ2) is 12.9. The summed E-state index contributed by atoms with van der Waals surface area (Å²) in [6.07, 6.45) is 0.105. The van der Waals surface area contributed by atoms with Crippen molar-refractivity contribution in [2.75, 3.05) is 11.9 Å². The third-order valence-corrected chi connectivity index (χ3v) is 5.69. The van der Waals surface area contributed by atoms with Gasteiger partial charge in [0, 0.05) is 12.2 Å². The quantitative estimate of drug-likeness (QED) is 0.405. The predicted molar refractivity (Wildman–Crippen MR) is 147 cm³/mol. The van der Waals surface area contributed by atoms with Crippen molar-refractivity contribution in [2.24, 2.45) is 5.73 Å². The van der Waals surface area contributed by atoms with Crippen LogP contribution in [0.4, 0.5) is 10.5 Å². The number of nitrogens with zero attached hydrogens (tertiary/aromatic N) is 1. The number of hydrogen-bond donors (Lipinski definition) is 3. The molecule has 2 aromatic rings. The number of hydrogen-bond acceptors (Lipinski definition) is 5. The van der Waals surface area contributed by atoms with E-state index in [1.54, 1.807) is 32.9 Å². The zero-order valence-corrected chi connectivity index (χ0v) is 23.0. The molecule has 0 radical (unpaired) electrons. The molecule has 0 fully saturated rings. The minimum absolute atomic E-state index is 0.0389. The number of nitrogens with one attached hydrogen (secondary N) is 2. The van der Waals surface area contributed by atoms with Crippen LogP contribution < -0.4 is 16.4 Å². The van der Waals surface area contributed by atoms with E-state index in [2.05, 4.69) is 17.2 Å². The summed E-state index contributed by atoms with van der Waals surface area (Å²) in [5, 5.41) is 5.41. The number of carbonyl (C=O) groups is 4. The molecule has 0 saturated carbocycles. The maximum atomic E-state index is 13.9. The van der Waals surface area contributed by atoms with E-state index < -0.39 is 47.9 Å². The summed E-state index contributed by atoms with van der Waals surface area (Å²) < 4.78 is 5.28. The van der Waals surface area contributed by atoms with Crippen LogP contribution >= 0.6 is 0 Å². The van der Waals surface area contributed by atoms with Crippen molar-refractivity contribution in [1.29, 1.82) is 0 Å². The van der Waals surface area contributed by atoms with Crippen LogP contribution in [0, 0.1) is 20.8 Å². The molecule has 2 rings (SSSR count). The van der Waals surface area contributed by atoms with Crippen molar-refractivity contribution in [2.45, 2.75) is 65.6 Å². The molecule has 2 aromatic carbocycles. The number of carbonyl (C=O) groups excluding carboxylic acids is 4. The van der Waals surface area contributed by atoms with Crippen molar-refractivity contribution in [3.05, 3.63) is 77.4 Å². The first kappa shape index (κ1) is 30.1. The Morgan fingerprint density at radius 1 is 1.03 bits per heavy atom. The Hall–Kier alpha value is -4.14. The molecular formula is C29H38N4O5. The molecule has 0 bridgehead atoms. The van der Waals surface area contributed by atoms with Gasteiger partial charge in [0.05, 0.1) is 6.42 Å². The van der Waals surface area contributed by atoms with Crippen LogP contribution in [0.25, 0.3) is 0 Å². The molecule has 0 saturated heterocycles. The summed E-state index contributed by atoms with van der Waals surface area (Å²) in [4.78, 5) is 53.3. The molecule has 0 heterocycles. The smallest absolute Gasteiger partial charge is 0.408 e. The standard InChI is InChI=1S/C29H38N4O5/c1-8-16-33(27(36)22(17-23(30)34)31-28(37)38-29(5,6)7)25(21-14-12-18(2)13-15-21)26(35)32-24-19(3)10-9-11-20(24)4/h8-15,22,25H,1,16-17H2,2-7H3,(H2,30,34)(H,31,37)(H,32,35). The largest absolute Gasteiger partial charge is 0.444 e. The second-order valence-electron chi connectivity index (χ2n) is 10.2. The number of anilines is 1. The van der Waals surface area contributed by atoms with Gasteiger partial charge in [-0.15, -0.1) is 6.58 Å². The van der Waals surface area contributed by atoms with E-state index in [0.29, 0.717) is 11.3 Å². The number of nitrogens with two attached hydrogens (primary N) is 1. The number of ether oxygens (including phenoxy) is 1. The van der Waals surface area contributed by atoms with Crippen LogP contribution in [-0.2, 0) is 19.1 Å². The highest BCUT2D eigenvalue weighted by Crippen LogP contribution is 2.27. The first-order valence-corrected chi connectivity index (χ1v) is 12.4. The van der Waals surface area contributed by atoms with Gasteiger partial charge in [-0.3, -0.25) is 14.4 Å². The molecule has 2 unspecified atom stereocenters. The van der Waals surface area contributed by atoms with Gasteiger partial charge in [-0.1, -0.05) is 54.1 Å². The van der Waals surface area contributed by atoms with E-state index in [4.69, 9.17) is 10.5 Å². The fourth-order valence-corrected chi connectivity index (χ4v) is 3.94. The Morgan fingerprint density at radius 3 is 2.11 bits per heavy atom. The third kappa shape index (κ3) is 8.47. The molecule has 9 heteroatoms. The van der Waals surface area contributed by atoms with E-state index in [-0.39, 0.29) is 6.54 Å². The van der Waals surface area contributed by atoms with E-state index in [1.165, 1.54) is 11.0 Å². The molecular weight excluding hydrogens is 484 g/mol. The topological polar surface area (TPSA) is 131 Å². The van der Waals surface area contributed by atoms with Crippen LogP contribution in [0.3, 0.4) is 0 Å². The van der Waals surface area contributed by atoms with Crippen molar-refractivity contribution in [1.82, 2.24) is 10.2 Å². The monoisotopic (exact) mass is 522 g/mol. The molecule has 0 aliphatic heterocycles. The van der Waals surface area contributed by atoms with Crippen LogP contribution in [0.2, 0.25) is 0 Å². The summed E-state index contributed by atoms with van der Waals surface area (Å²) >= 11 is 0. The second-order valence-corrected chi connectivity index (χ2v) is 10.2. The van der Waals surface area contributed by atoms with Crippen molar-refractivity contribution >= 4 is 29.5 Å². The van der Waals surface area contributed by atoms with Gasteiger partial charge in [-0.2, -0.15) is 0 Å². The lowest BCUT2D eigenvalue weighted by Gasteiger charge is -2.34. The zero-order valence-electron chi connectivity index (χ0n) is 23.0. The number of benzene rings is 2. The lowest BCUT2D eigenvalue weighted by molar-refractivity contribution is -0.141. The van der Waals surface area contributed by atoms with Gasteiger partial charge in [0.1, 0.15) is 17.7 Å². The van der Waals surface area contributed by atoms with Crippen molar-refractivity contribution < 1.29 is 23.9 Å². The summed E-state index contributed by atoms with van der Waals surface area (Å²) in [5.74, 6) is -1.95. The van der Waals surface area contributed by atoms with Gasteiger partial charge in [0.25, 0.3) is 5.91 Å². The summed E-state index contributed by atoms with van der Waals surface area (Å²) in [6.45, 7) is 14.4. The van der Waals surface area contributed by atoms with Crippen LogP contribution in [-0.4, -0.2) is 46.9 Å². The Morgan fingerprint density at radius 2 is 1.61 bits per heavy atom. The molecule has 4 amide bonds. The normalized spacial score (nSPS) is 12.6. The Kier molecular flexibility index (Phi) is 10.2. The summed E-state index contributed by atoms with van der Waals surface area (Å²) in [7, 11) is 0. The molecule has 9 nitrogen and oxygen atoms in total. The van der Waals surface area contributed by atoms with Gasteiger partial charge < -0.3 is 26.0 Å². The first-order chi connectivity index (χ1) is 17.7. The Labute approximate surface area is 224 Å². The zero-order chi connectivity index (χ0) is 28.6. The molecule has 0 aliphatic carbocycles. The molecule has 38 heavy (non-hydrogen) atoms. The summed E-state index contributed by atoms with van der Waals surface area (Å²) in [6, 6.07) is 10.4. The van der Waals surface area contributed by atoms with Crippen LogP contribution in [0.15, 0.2) is 55.1 Å². The first-order valence-electron chi connectivity index (χ1n) is 12.4. The molecule has 204 valence electrons. The minimum Gasteiger partial charge on any atom is -0.444 e. The van der Waals surface area contributed by atoms with E-state index in [0.717, 1.165) is 16.7 Å². The number of rotatable bonds is 10. The number of primary amides is 1. The molecule has 2 atom stereocenters. The fourth-order valence-electron chi connectivity index (χ4n) is 3.94. The number of amides is 4. The molecule has 0 aliphatic rings. The van der Waals surface area contributed by atoms with Gasteiger partial charge >= 0.3 is 6.09 Å². The summed E-state index contributed by atoms with van der Waals surface area (Å²) in [5.41, 5.74) is 8.46. The van der Waals surface area contributed by atoms with Gasteiger partial charge in [0.2, 0.25) is 11.8 Å². The highest BCUT2D eigenvalue weighted by Gasteiger charge is 2.36. The Bertz CT molecular complexity index is 1160. The molecule has 0 aromatic heterocycles. The van der Waals surface area contributed by atoms with Gasteiger partial charge in [0.15, 0.2) is 0 Å². The number of alkyl carbamates (subject to hydrolysis) is 1. The minimum atomic E-state index is -1.36. The molecule has 0 spiro atoms. The highest BCUT2D eigenvalue weighted by molar-refractivity contribution is 6.00. The van der Waals surface area contributed by atoms with Crippen molar-refractivity contribution in [3.63, 3.8) is 0 Å². The average molecular weight is 523 g/mol. The van der Waals surface area contributed by atoms with Gasteiger partial charge in [-0.25, -0.2) is 4.79 Å². The number of para-hydroxylation sites is 1. The van der Waals surface area contributed by atoms with E-state index >= 15 is 0 Å². The Balaban J connectivity index is 2.54. The van der Waals surface area contributed by atoms with Crippen molar-refractivity contribution in [3.8, 4) is 0 Å².